The molecule has 1 aliphatic rings. The molecule has 0 unspecified atom stereocenters. The van der Waals surface area contributed by atoms with Crippen molar-refractivity contribution >= 4 is 16.7 Å². The quantitative estimate of drug-likeness (QED) is 0.873. The van der Waals surface area contributed by atoms with Gasteiger partial charge in [0.2, 0.25) is 0 Å². The van der Waals surface area contributed by atoms with E-state index in [-0.39, 0.29) is 0 Å². The molecular formula is C14H20N4. The van der Waals surface area contributed by atoms with Crippen molar-refractivity contribution in [2.45, 2.75) is 39.5 Å². The van der Waals surface area contributed by atoms with Crippen molar-refractivity contribution in [3.63, 3.8) is 0 Å². The topological polar surface area (TPSA) is 53.6 Å². The highest BCUT2D eigenvalue weighted by atomic mass is 15.1. The van der Waals surface area contributed by atoms with Gasteiger partial charge in [0.15, 0.2) is 0 Å². The first-order valence-electron chi connectivity index (χ1n) is 6.84. The van der Waals surface area contributed by atoms with Gasteiger partial charge in [-0.2, -0.15) is 5.10 Å². The molecule has 2 N–H and O–H groups in total. The Morgan fingerprint density at radius 2 is 2.17 bits per heavy atom. The summed E-state index contributed by atoms with van der Waals surface area (Å²) >= 11 is 0. The molecule has 4 nitrogen and oxygen atoms in total. The van der Waals surface area contributed by atoms with Gasteiger partial charge in [0.25, 0.3) is 0 Å². The summed E-state index contributed by atoms with van der Waals surface area (Å²) in [5.74, 6) is 0.635. The number of aromatic amines is 1. The summed E-state index contributed by atoms with van der Waals surface area (Å²) in [6, 6.07) is 0. The van der Waals surface area contributed by atoms with E-state index >= 15 is 0 Å². The zero-order valence-electron chi connectivity index (χ0n) is 11.1. The monoisotopic (exact) mass is 244 g/mol. The maximum atomic E-state index is 4.73. The number of aryl methyl sites for hydroxylation is 1. The first-order chi connectivity index (χ1) is 8.75. The lowest BCUT2D eigenvalue weighted by molar-refractivity contribution is 0.665. The molecule has 0 aliphatic heterocycles. The first kappa shape index (κ1) is 11.5. The highest BCUT2D eigenvalue weighted by Crippen LogP contribution is 2.32. The van der Waals surface area contributed by atoms with Crippen LogP contribution in [0.1, 0.15) is 37.9 Å². The maximum absolute atomic E-state index is 4.73. The van der Waals surface area contributed by atoms with E-state index < -0.39 is 0 Å². The van der Waals surface area contributed by atoms with Gasteiger partial charge in [0, 0.05) is 12.2 Å². The number of nitrogens with zero attached hydrogens (tertiary/aromatic N) is 2. The van der Waals surface area contributed by atoms with Gasteiger partial charge in [0.1, 0.15) is 11.0 Å². The number of H-pyrrole nitrogens is 1. The van der Waals surface area contributed by atoms with Crippen LogP contribution < -0.4 is 5.32 Å². The number of nitrogens with one attached hydrogen (secondary N) is 2. The fourth-order valence-electron chi connectivity index (χ4n) is 2.63. The van der Waals surface area contributed by atoms with Gasteiger partial charge in [-0.25, -0.2) is 4.98 Å². The molecule has 2 heterocycles. The molecule has 18 heavy (non-hydrogen) atoms. The van der Waals surface area contributed by atoms with E-state index in [0.29, 0.717) is 5.92 Å². The van der Waals surface area contributed by atoms with E-state index in [9.17, 15) is 0 Å². The molecule has 0 fully saturated rings. The summed E-state index contributed by atoms with van der Waals surface area (Å²) < 4.78 is 0. The fourth-order valence-corrected chi connectivity index (χ4v) is 2.63. The van der Waals surface area contributed by atoms with E-state index in [0.717, 1.165) is 30.4 Å². The average molecular weight is 244 g/mol. The fraction of sp³-hybridized carbons (Fsp3) is 0.571. The largest absolute Gasteiger partial charge is 0.383 e. The molecule has 0 spiro atoms. The number of anilines is 1. The number of hydrogen-bond acceptors (Lipinski definition) is 3. The average Bonchev–Trinajstić information content (AvgIpc) is 2.82. The Balaban J connectivity index is 2.09. The standard InChI is InChI=1S/C14H20N4/c1-9(2)7-15-13-10-5-3-4-6-11(10)17-12-8-16-18-14(12)13/h8-9H,3-7H2,1-2H3,(H,15,17)(H,16,18). The summed E-state index contributed by atoms with van der Waals surface area (Å²) in [5, 5.41) is 10.8. The summed E-state index contributed by atoms with van der Waals surface area (Å²) in [4.78, 5) is 4.73. The van der Waals surface area contributed by atoms with Crippen molar-refractivity contribution < 1.29 is 0 Å². The Morgan fingerprint density at radius 1 is 1.33 bits per heavy atom. The highest BCUT2D eigenvalue weighted by Gasteiger charge is 2.19. The third-order valence-corrected chi connectivity index (χ3v) is 3.55. The van der Waals surface area contributed by atoms with Gasteiger partial charge in [-0.15, -0.1) is 0 Å². The smallest absolute Gasteiger partial charge is 0.110 e. The molecule has 0 saturated heterocycles. The van der Waals surface area contributed by atoms with Crippen LogP contribution in [0.5, 0.6) is 0 Å². The molecule has 0 radical (unpaired) electrons. The summed E-state index contributed by atoms with van der Waals surface area (Å²) in [6.45, 7) is 5.44. The van der Waals surface area contributed by atoms with Crippen molar-refractivity contribution in [2.24, 2.45) is 5.92 Å². The molecule has 0 saturated carbocycles. The van der Waals surface area contributed by atoms with Crippen LogP contribution in [0.3, 0.4) is 0 Å². The minimum absolute atomic E-state index is 0.635. The van der Waals surface area contributed by atoms with Crippen molar-refractivity contribution in [3.8, 4) is 0 Å². The minimum atomic E-state index is 0.635. The lowest BCUT2D eigenvalue weighted by atomic mass is 9.94. The van der Waals surface area contributed by atoms with Crippen LogP contribution in [0.15, 0.2) is 6.20 Å². The van der Waals surface area contributed by atoms with E-state index in [1.807, 2.05) is 6.20 Å². The van der Waals surface area contributed by atoms with Crippen molar-refractivity contribution in [1.29, 1.82) is 0 Å². The predicted molar refractivity (Wildman–Crippen MR) is 73.9 cm³/mol. The van der Waals surface area contributed by atoms with E-state index in [4.69, 9.17) is 4.98 Å². The molecule has 2 aromatic heterocycles. The summed E-state index contributed by atoms with van der Waals surface area (Å²) in [7, 11) is 0. The third-order valence-electron chi connectivity index (χ3n) is 3.55. The summed E-state index contributed by atoms with van der Waals surface area (Å²) in [6.07, 6.45) is 6.59. The van der Waals surface area contributed by atoms with E-state index in [2.05, 4.69) is 29.4 Å². The zero-order chi connectivity index (χ0) is 12.5. The van der Waals surface area contributed by atoms with Crippen molar-refractivity contribution in [2.75, 3.05) is 11.9 Å². The van der Waals surface area contributed by atoms with Crippen molar-refractivity contribution in [1.82, 2.24) is 15.2 Å². The Labute approximate surface area is 107 Å². The number of pyridine rings is 1. The highest BCUT2D eigenvalue weighted by molar-refractivity contribution is 5.89. The zero-order valence-corrected chi connectivity index (χ0v) is 11.1. The Bertz CT molecular complexity index is 556. The Morgan fingerprint density at radius 3 is 3.00 bits per heavy atom. The number of hydrogen-bond donors (Lipinski definition) is 2. The van der Waals surface area contributed by atoms with Gasteiger partial charge in [0.05, 0.1) is 11.9 Å². The van der Waals surface area contributed by atoms with Crippen LogP contribution in [0.25, 0.3) is 11.0 Å². The number of aromatic nitrogens is 3. The third kappa shape index (κ3) is 1.96. The summed E-state index contributed by atoms with van der Waals surface area (Å²) in [5.41, 5.74) is 5.96. The Hall–Kier alpha value is -1.58. The lowest BCUT2D eigenvalue weighted by Gasteiger charge is -2.20. The first-order valence-corrected chi connectivity index (χ1v) is 6.84. The van der Waals surface area contributed by atoms with Crippen LogP contribution in [-0.4, -0.2) is 21.7 Å². The minimum Gasteiger partial charge on any atom is -0.383 e. The predicted octanol–water partition coefficient (Wildman–Crippen LogP) is 2.90. The van der Waals surface area contributed by atoms with Gasteiger partial charge >= 0.3 is 0 Å². The maximum Gasteiger partial charge on any atom is 0.110 e. The van der Waals surface area contributed by atoms with Crippen LogP contribution in [0, 0.1) is 5.92 Å². The second kappa shape index (κ2) is 4.59. The van der Waals surface area contributed by atoms with E-state index in [1.165, 1.54) is 29.8 Å². The second-order valence-electron chi connectivity index (χ2n) is 5.52. The number of rotatable bonds is 3. The molecular weight excluding hydrogens is 224 g/mol. The molecule has 0 amide bonds. The number of fused-ring (bicyclic) bond motifs is 2. The molecule has 96 valence electrons. The van der Waals surface area contributed by atoms with Gasteiger partial charge in [-0.3, -0.25) is 5.10 Å². The molecule has 3 rings (SSSR count). The van der Waals surface area contributed by atoms with Crippen LogP contribution >= 0.6 is 0 Å². The molecule has 1 aliphatic carbocycles. The van der Waals surface area contributed by atoms with Gasteiger partial charge in [-0.05, 0) is 37.2 Å². The SMILES string of the molecule is CC(C)CNc1c2c(nc3cn[nH]c13)CCCC2. The lowest BCUT2D eigenvalue weighted by Crippen LogP contribution is -2.14. The Kier molecular flexibility index (Phi) is 2.94. The van der Waals surface area contributed by atoms with Crippen LogP contribution in [0.2, 0.25) is 0 Å². The van der Waals surface area contributed by atoms with Gasteiger partial charge in [-0.1, -0.05) is 13.8 Å². The molecule has 0 aromatic carbocycles. The van der Waals surface area contributed by atoms with Crippen molar-refractivity contribution in [3.05, 3.63) is 17.5 Å². The van der Waals surface area contributed by atoms with Crippen LogP contribution in [-0.2, 0) is 12.8 Å². The van der Waals surface area contributed by atoms with E-state index in [1.54, 1.807) is 0 Å². The van der Waals surface area contributed by atoms with Gasteiger partial charge < -0.3 is 5.32 Å². The van der Waals surface area contributed by atoms with Crippen LogP contribution in [0.4, 0.5) is 5.69 Å². The molecule has 2 aromatic rings. The normalized spacial score (nSPS) is 15.1. The molecule has 4 heteroatoms. The molecule has 0 bridgehead atoms. The second-order valence-corrected chi connectivity index (χ2v) is 5.52. The molecule has 0 atom stereocenters.